The third kappa shape index (κ3) is 2.25. The Morgan fingerprint density at radius 2 is 2.14 bits per heavy atom. The number of aryl methyl sites for hydroxylation is 2. The minimum absolute atomic E-state index is 0.633. The number of rotatable bonds is 4. The van der Waals surface area contributed by atoms with Gasteiger partial charge >= 0.3 is 0 Å². The normalized spacial score (nSPS) is 11.2. The van der Waals surface area contributed by atoms with E-state index < -0.39 is 0 Å². The molecule has 0 fully saturated rings. The molecule has 0 atom stereocenters. The van der Waals surface area contributed by atoms with E-state index in [9.17, 15) is 4.79 Å². The fourth-order valence-corrected chi connectivity index (χ4v) is 2.99. The van der Waals surface area contributed by atoms with Crippen LogP contribution < -0.4 is 0 Å². The van der Waals surface area contributed by atoms with Crippen LogP contribution in [0.4, 0.5) is 0 Å². The molecule has 5 heteroatoms. The monoisotopic (exact) mass is 301 g/mol. The smallest absolute Gasteiger partial charge is 0.150 e. The lowest BCUT2D eigenvalue weighted by molar-refractivity contribution is 0.112. The van der Waals surface area contributed by atoms with Crippen molar-refractivity contribution < 1.29 is 4.79 Å². The minimum atomic E-state index is 0.633. The number of hydrogen-bond donors (Lipinski definition) is 0. The first kappa shape index (κ1) is 13.9. The summed E-state index contributed by atoms with van der Waals surface area (Å²) in [6, 6.07) is 7.69. The van der Waals surface area contributed by atoms with Gasteiger partial charge in [-0.15, -0.1) is 0 Å². The van der Waals surface area contributed by atoms with Crippen molar-refractivity contribution in [2.45, 2.75) is 19.9 Å². The van der Waals surface area contributed by atoms with Crippen LogP contribution in [0.15, 0.2) is 30.5 Å². The van der Waals surface area contributed by atoms with Crippen LogP contribution in [0.25, 0.3) is 10.9 Å². The number of fused-ring (bicyclic) bond motifs is 1. The fourth-order valence-electron chi connectivity index (χ4n) is 2.64. The number of carbonyl (C=O) groups excluding carboxylic acids is 1. The first-order valence-corrected chi connectivity index (χ1v) is 7.26. The fraction of sp³-hybridized carbons (Fsp3) is 0.250. The topological polar surface area (TPSA) is 39.8 Å². The van der Waals surface area contributed by atoms with Crippen molar-refractivity contribution in [3.63, 3.8) is 0 Å². The molecule has 0 radical (unpaired) electrons. The van der Waals surface area contributed by atoms with Crippen LogP contribution >= 0.6 is 11.6 Å². The van der Waals surface area contributed by atoms with Gasteiger partial charge in [-0.05, 0) is 18.6 Å². The Labute approximate surface area is 127 Å². The maximum Gasteiger partial charge on any atom is 0.150 e. The van der Waals surface area contributed by atoms with Crippen LogP contribution in [-0.4, -0.2) is 20.6 Å². The summed E-state index contributed by atoms with van der Waals surface area (Å²) in [7, 11) is 1.91. The van der Waals surface area contributed by atoms with Crippen molar-refractivity contribution >= 4 is 28.8 Å². The molecule has 2 aromatic heterocycles. The molecule has 2 heterocycles. The van der Waals surface area contributed by atoms with Crippen LogP contribution in [-0.2, 0) is 20.0 Å². The number of benzene rings is 1. The van der Waals surface area contributed by atoms with Crippen LogP contribution in [0.3, 0.4) is 0 Å². The third-order valence-electron chi connectivity index (χ3n) is 3.80. The van der Waals surface area contributed by atoms with E-state index in [2.05, 4.69) is 9.67 Å². The van der Waals surface area contributed by atoms with Gasteiger partial charge in [0, 0.05) is 29.7 Å². The molecule has 0 unspecified atom stereocenters. The highest BCUT2D eigenvalue weighted by molar-refractivity contribution is 6.31. The number of hydrogen-bond acceptors (Lipinski definition) is 2. The molecule has 0 aliphatic heterocycles. The van der Waals surface area contributed by atoms with Gasteiger partial charge in [0.05, 0.1) is 23.0 Å². The van der Waals surface area contributed by atoms with E-state index in [1.807, 2.05) is 49.1 Å². The van der Waals surface area contributed by atoms with Gasteiger partial charge in [-0.25, -0.2) is 0 Å². The molecule has 0 amide bonds. The molecule has 0 aliphatic rings. The number of aldehydes is 1. The van der Waals surface area contributed by atoms with Crippen molar-refractivity contribution in [2.24, 2.45) is 7.05 Å². The summed E-state index contributed by atoms with van der Waals surface area (Å²) in [5, 5.41) is 6.13. The van der Waals surface area contributed by atoms with Gasteiger partial charge in [-0.1, -0.05) is 30.7 Å². The van der Waals surface area contributed by atoms with E-state index in [0.717, 1.165) is 40.0 Å². The quantitative estimate of drug-likeness (QED) is 0.692. The van der Waals surface area contributed by atoms with Crippen molar-refractivity contribution in [3.05, 3.63) is 52.4 Å². The van der Waals surface area contributed by atoms with E-state index in [1.54, 1.807) is 0 Å². The van der Waals surface area contributed by atoms with Gasteiger partial charge in [0.15, 0.2) is 6.29 Å². The lowest BCUT2D eigenvalue weighted by Gasteiger charge is -2.07. The van der Waals surface area contributed by atoms with E-state index >= 15 is 0 Å². The average Bonchev–Trinajstić information content (AvgIpc) is 3.03. The Kier molecular flexibility index (Phi) is 3.55. The lowest BCUT2D eigenvalue weighted by Crippen LogP contribution is -2.05. The number of aromatic nitrogens is 3. The number of carbonyl (C=O) groups is 1. The molecule has 108 valence electrons. The van der Waals surface area contributed by atoms with Gasteiger partial charge < -0.3 is 4.57 Å². The molecular formula is C16H16ClN3O. The molecule has 0 saturated heterocycles. The first-order chi connectivity index (χ1) is 10.2. The van der Waals surface area contributed by atoms with E-state index in [0.29, 0.717) is 12.1 Å². The molecule has 3 rings (SSSR count). The zero-order chi connectivity index (χ0) is 15.0. The van der Waals surface area contributed by atoms with Crippen LogP contribution in [0, 0.1) is 0 Å². The molecule has 0 saturated carbocycles. The molecule has 0 N–H and O–H groups in total. The Bertz CT molecular complexity index is 816. The molecule has 21 heavy (non-hydrogen) atoms. The predicted octanol–water partition coefficient (Wildman–Crippen LogP) is 3.45. The standard InChI is InChI=1S/C16H16ClN3O/c1-3-13-16(17)15(19(2)18-13)9-20-8-7-12-11(10-21)5-4-6-14(12)20/h4-8,10H,3,9H2,1-2H3. The third-order valence-corrected chi connectivity index (χ3v) is 4.23. The summed E-state index contributed by atoms with van der Waals surface area (Å²) in [5.74, 6) is 0. The Hall–Kier alpha value is -2.07. The Balaban J connectivity index is 2.07. The van der Waals surface area contributed by atoms with Crippen molar-refractivity contribution in [2.75, 3.05) is 0 Å². The van der Waals surface area contributed by atoms with Crippen molar-refractivity contribution in [3.8, 4) is 0 Å². The van der Waals surface area contributed by atoms with Crippen molar-refractivity contribution in [1.29, 1.82) is 0 Å². The highest BCUT2D eigenvalue weighted by Crippen LogP contribution is 2.25. The molecule has 3 aromatic rings. The number of nitrogens with zero attached hydrogens (tertiary/aromatic N) is 3. The second-order valence-corrected chi connectivity index (χ2v) is 5.40. The molecule has 1 aromatic carbocycles. The van der Waals surface area contributed by atoms with Crippen LogP contribution in [0.2, 0.25) is 5.02 Å². The Morgan fingerprint density at radius 1 is 1.33 bits per heavy atom. The lowest BCUT2D eigenvalue weighted by atomic mass is 10.1. The molecule has 0 aliphatic carbocycles. The molecule has 4 nitrogen and oxygen atoms in total. The van der Waals surface area contributed by atoms with E-state index in [-0.39, 0.29) is 0 Å². The van der Waals surface area contributed by atoms with Gasteiger partial charge in [0.1, 0.15) is 0 Å². The molecule has 0 bridgehead atoms. The summed E-state index contributed by atoms with van der Waals surface area (Å²) >= 11 is 6.40. The van der Waals surface area contributed by atoms with Gasteiger partial charge in [0.2, 0.25) is 0 Å². The summed E-state index contributed by atoms with van der Waals surface area (Å²) in [5.41, 5.74) is 3.62. The second-order valence-electron chi connectivity index (χ2n) is 5.03. The maximum atomic E-state index is 11.1. The predicted molar refractivity (Wildman–Crippen MR) is 84.0 cm³/mol. The highest BCUT2D eigenvalue weighted by Gasteiger charge is 2.14. The summed E-state index contributed by atoms with van der Waals surface area (Å²) in [4.78, 5) is 11.1. The SMILES string of the molecule is CCc1nn(C)c(Cn2ccc3c(C=O)cccc32)c1Cl. The first-order valence-electron chi connectivity index (χ1n) is 6.89. The van der Waals surface area contributed by atoms with Crippen LogP contribution in [0.5, 0.6) is 0 Å². The summed E-state index contributed by atoms with van der Waals surface area (Å²) in [6.07, 6.45) is 3.68. The summed E-state index contributed by atoms with van der Waals surface area (Å²) < 4.78 is 3.92. The minimum Gasteiger partial charge on any atom is -0.341 e. The van der Waals surface area contributed by atoms with E-state index in [4.69, 9.17) is 11.6 Å². The molecule has 0 spiro atoms. The average molecular weight is 302 g/mol. The molecular weight excluding hydrogens is 286 g/mol. The van der Waals surface area contributed by atoms with Gasteiger partial charge in [-0.3, -0.25) is 9.48 Å². The maximum absolute atomic E-state index is 11.1. The Morgan fingerprint density at radius 3 is 2.81 bits per heavy atom. The van der Waals surface area contributed by atoms with Gasteiger partial charge in [0.25, 0.3) is 0 Å². The van der Waals surface area contributed by atoms with Crippen molar-refractivity contribution in [1.82, 2.24) is 14.3 Å². The van der Waals surface area contributed by atoms with Gasteiger partial charge in [-0.2, -0.15) is 5.10 Å². The highest BCUT2D eigenvalue weighted by atomic mass is 35.5. The van der Waals surface area contributed by atoms with E-state index in [1.165, 1.54) is 0 Å². The van der Waals surface area contributed by atoms with Crippen LogP contribution in [0.1, 0.15) is 28.7 Å². The number of halogens is 1. The zero-order valence-corrected chi connectivity index (χ0v) is 12.8. The second kappa shape index (κ2) is 5.37. The summed E-state index contributed by atoms with van der Waals surface area (Å²) in [6.45, 7) is 2.67. The zero-order valence-electron chi connectivity index (χ0n) is 12.0. The largest absolute Gasteiger partial charge is 0.341 e.